The maximum atomic E-state index is 11.9. The molecule has 0 fully saturated rings. The zero-order valence-corrected chi connectivity index (χ0v) is 13.0. The van der Waals surface area contributed by atoms with Crippen LogP contribution in [0.15, 0.2) is 24.3 Å². The van der Waals surface area contributed by atoms with Crippen molar-refractivity contribution < 1.29 is 9.59 Å². The normalized spacial score (nSPS) is 11.1. The smallest absolute Gasteiger partial charge is 0.251 e. The fourth-order valence-corrected chi connectivity index (χ4v) is 2.05. The first-order chi connectivity index (χ1) is 9.21. The van der Waals surface area contributed by atoms with Crippen molar-refractivity contribution in [2.75, 3.05) is 13.1 Å². The highest BCUT2D eigenvalue weighted by molar-refractivity contribution is 5.94. The molecule has 110 valence electrons. The van der Waals surface area contributed by atoms with Crippen molar-refractivity contribution in [3.05, 3.63) is 35.4 Å². The van der Waals surface area contributed by atoms with Crippen LogP contribution < -0.4 is 5.32 Å². The van der Waals surface area contributed by atoms with Gasteiger partial charge in [-0.2, -0.15) is 0 Å². The van der Waals surface area contributed by atoms with Gasteiger partial charge in [0.05, 0.1) is 0 Å². The van der Waals surface area contributed by atoms with E-state index in [-0.39, 0.29) is 17.4 Å². The molecular weight excluding hydrogens is 252 g/mol. The molecule has 4 nitrogen and oxygen atoms in total. The molecule has 0 radical (unpaired) electrons. The number of nitrogens with zero attached hydrogens (tertiary/aromatic N) is 1. The van der Waals surface area contributed by atoms with Gasteiger partial charge in [0, 0.05) is 31.1 Å². The Morgan fingerprint density at radius 1 is 1.15 bits per heavy atom. The Morgan fingerprint density at radius 2 is 1.70 bits per heavy atom. The molecule has 1 rings (SSSR count). The van der Waals surface area contributed by atoms with Crippen LogP contribution in [-0.4, -0.2) is 35.3 Å². The van der Waals surface area contributed by atoms with Crippen LogP contribution in [0.5, 0.6) is 0 Å². The Balaban J connectivity index is 2.53. The van der Waals surface area contributed by atoms with Gasteiger partial charge in [-0.3, -0.25) is 9.59 Å². The molecule has 0 aliphatic heterocycles. The fraction of sp³-hybridized carbons (Fsp3) is 0.500. The summed E-state index contributed by atoms with van der Waals surface area (Å²) in [5.41, 5.74) is 1.53. The van der Waals surface area contributed by atoms with Crippen molar-refractivity contribution in [1.29, 1.82) is 0 Å². The van der Waals surface area contributed by atoms with E-state index >= 15 is 0 Å². The van der Waals surface area contributed by atoms with Crippen molar-refractivity contribution >= 4 is 11.8 Å². The third kappa shape index (κ3) is 4.68. The number of benzene rings is 1. The second-order valence-corrected chi connectivity index (χ2v) is 5.96. The molecule has 0 saturated carbocycles. The predicted octanol–water partition coefficient (Wildman–Crippen LogP) is 2.37. The lowest BCUT2D eigenvalue weighted by atomic mass is 10.1. The quantitative estimate of drug-likeness (QED) is 0.918. The number of hydrogen-bond acceptors (Lipinski definition) is 2. The van der Waals surface area contributed by atoms with Crippen molar-refractivity contribution in [3.63, 3.8) is 0 Å². The van der Waals surface area contributed by atoms with Gasteiger partial charge in [-0.25, -0.2) is 0 Å². The molecular formula is C16H24N2O2. The highest BCUT2D eigenvalue weighted by Crippen LogP contribution is 2.12. The average molecular weight is 276 g/mol. The van der Waals surface area contributed by atoms with Gasteiger partial charge in [-0.15, -0.1) is 0 Å². The number of hydrogen-bond donors (Lipinski definition) is 1. The van der Waals surface area contributed by atoms with Gasteiger partial charge in [-0.1, -0.05) is 17.7 Å². The third-order valence-corrected chi connectivity index (χ3v) is 3.12. The van der Waals surface area contributed by atoms with Gasteiger partial charge in [0.2, 0.25) is 5.91 Å². The van der Waals surface area contributed by atoms with E-state index in [9.17, 15) is 9.59 Å². The van der Waals surface area contributed by atoms with Gasteiger partial charge in [0.25, 0.3) is 5.91 Å². The monoisotopic (exact) mass is 276 g/mol. The summed E-state index contributed by atoms with van der Waals surface area (Å²) in [6, 6.07) is 7.42. The van der Waals surface area contributed by atoms with Crippen LogP contribution >= 0.6 is 0 Å². The number of nitrogens with one attached hydrogen (secondary N) is 1. The van der Waals surface area contributed by atoms with E-state index in [2.05, 4.69) is 5.32 Å². The highest BCUT2D eigenvalue weighted by Gasteiger charge is 2.23. The Labute approximate surface area is 121 Å². The van der Waals surface area contributed by atoms with Crippen LogP contribution in [0.3, 0.4) is 0 Å². The summed E-state index contributed by atoms with van der Waals surface area (Å²) in [4.78, 5) is 25.3. The molecule has 4 heteroatoms. The lowest BCUT2D eigenvalue weighted by Gasteiger charge is -2.35. The molecule has 0 heterocycles. The highest BCUT2D eigenvalue weighted by atomic mass is 16.2. The lowest BCUT2D eigenvalue weighted by Crippen LogP contribution is -2.48. The van der Waals surface area contributed by atoms with E-state index in [1.807, 2.05) is 39.8 Å². The third-order valence-electron chi connectivity index (χ3n) is 3.12. The summed E-state index contributed by atoms with van der Waals surface area (Å²) < 4.78 is 0. The predicted molar refractivity (Wildman–Crippen MR) is 80.7 cm³/mol. The first kappa shape index (κ1) is 16.2. The van der Waals surface area contributed by atoms with Crippen LogP contribution in [0.2, 0.25) is 0 Å². The number of amides is 2. The topological polar surface area (TPSA) is 49.4 Å². The van der Waals surface area contributed by atoms with Crippen LogP contribution in [0.1, 0.15) is 43.6 Å². The largest absolute Gasteiger partial charge is 0.350 e. The van der Waals surface area contributed by atoms with E-state index in [4.69, 9.17) is 0 Å². The second kappa shape index (κ2) is 6.55. The number of rotatable bonds is 4. The SMILES string of the molecule is CC(=O)N(CCNC(=O)c1ccc(C)cc1)C(C)(C)C. The molecule has 20 heavy (non-hydrogen) atoms. The maximum Gasteiger partial charge on any atom is 0.251 e. The van der Waals surface area contributed by atoms with Crippen molar-refractivity contribution in [2.24, 2.45) is 0 Å². The first-order valence-corrected chi connectivity index (χ1v) is 6.85. The fourth-order valence-electron chi connectivity index (χ4n) is 2.05. The Hall–Kier alpha value is -1.84. The molecule has 0 unspecified atom stereocenters. The summed E-state index contributed by atoms with van der Waals surface area (Å²) in [6.07, 6.45) is 0. The van der Waals surface area contributed by atoms with Gasteiger partial charge >= 0.3 is 0 Å². The molecule has 0 bridgehead atoms. The van der Waals surface area contributed by atoms with E-state index in [1.165, 1.54) is 0 Å². The van der Waals surface area contributed by atoms with Crippen LogP contribution in [-0.2, 0) is 4.79 Å². The average Bonchev–Trinajstić information content (AvgIpc) is 2.33. The van der Waals surface area contributed by atoms with Crippen molar-refractivity contribution in [3.8, 4) is 0 Å². The molecule has 0 spiro atoms. The van der Waals surface area contributed by atoms with Crippen molar-refractivity contribution in [1.82, 2.24) is 10.2 Å². The minimum Gasteiger partial charge on any atom is -0.350 e. The molecule has 1 aromatic rings. The lowest BCUT2D eigenvalue weighted by molar-refractivity contribution is -0.133. The van der Waals surface area contributed by atoms with Gasteiger partial charge < -0.3 is 10.2 Å². The van der Waals surface area contributed by atoms with Crippen LogP contribution in [0.25, 0.3) is 0 Å². The number of carbonyl (C=O) groups excluding carboxylic acids is 2. The molecule has 0 aromatic heterocycles. The minimum absolute atomic E-state index is 0.0158. The van der Waals surface area contributed by atoms with E-state index in [0.717, 1.165) is 5.56 Å². The standard InChI is InChI=1S/C16H24N2O2/c1-12-6-8-14(9-7-12)15(20)17-10-11-18(13(2)19)16(3,4)5/h6-9H,10-11H2,1-5H3,(H,17,20). The zero-order chi connectivity index (χ0) is 15.3. The van der Waals surface area contributed by atoms with Crippen molar-refractivity contribution in [2.45, 2.75) is 40.2 Å². The molecule has 0 saturated heterocycles. The molecule has 1 N–H and O–H groups in total. The molecule has 0 aliphatic carbocycles. The van der Waals surface area contributed by atoms with Gasteiger partial charge in [0.15, 0.2) is 0 Å². The van der Waals surface area contributed by atoms with E-state index in [0.29, 0.717) is 18.7 Å². The molecule has 2 amide bonds. The summed E-state index contributed by atoms with van der Waals surface area (Å²) in [5, 5.41) is 2.84. The summed E-state index contributed by atoms with van der Waals surface area (Å²) in [5.74, 6) is -0.0931. The zero-order valence-electron chi connectivity index (χ0n) is 13.0. The van der Waals surface area contributed by atoms with Gasteiger partial charge in [-0.05, 0) is 39.8 Å². The number of aryl methyl sites for hydroxylation is 1. The molecule has 1 aromatic carbocycles. The molecule has 0 atom stereocenters. The van der Waals surface area contributed by atoms with Crippen LogP contribution in [0, 0.1) is 6.92 Å². The minimum atomic E-state index is -0.236. The summed E-state index contributed by atoms with van der Waals surface area (Å²) in [7, 11) is 0. The Morgan fingerprint density at radius 3 is 2.15 bits per heavy atom. The summed E-state index contributed by atoms with van der Waals surface area (Å²) in [6.45, 7) is 10.4. The Kier molecular flexibility index (Phi) is 5.31. The second-order valence-electron chi connectivity index (χ2n) is 5.96. The maximum absolute atomic E-state index is 11.9. The van der Waals surface area contributed by atoms with E-state index in [1.54, 1.807) is 24.0 Å². The van der Waals surface area contributed by atoms with Gasteiger partial charge in [0.1, 0.15) is 0 Å². The summed E-state index contributed by atoms with van der Waals surface area (Å²) >= 11 is 0. The molecule has 0 aliphatic rings. The van der Waals surface area contributed by atoms with E-state index < -0.39 is 0 Å². The Bertz CT molecular complexity index is 472. The van der Waals surface area contributed by atoms with Crippen LogP contribution in [0.4, 0.5) is 0 Å². The number of carbonyl (C=O) groups is 2. The first-order valence-electron chi connectivity index (χ1n) is 6.85.